The summed E-state index contributed by atoms with van der Waals surface area (Å²) in [6, 6.07) is 3.40. The van der Waals surface area contributed by atoms with Crippen LogP contribution in [0.25, 0.3) is 0 Å². The molecule has 0 aromatic carbocycles. The van der Waals surface area contributed by atoms with Crippen molar-refractivity contribution in [1.82, 2.24) is 15.1 Å². The molecule has 1 aliphatic heterocycles. The number of likely N-dealkylation sites (N-methyl/N-ethyl adjacent to an activating group) is 1. The number of nitrogens with zero attached hydrogens (tertiary/aromatic N) is 2. The molecule has 1 N–H and O–H groups in total. The van der Waals surface area contributed by atoms with E-state index in [1.807, 2.05) is 6.26 Å². The van der Waals surface area contributed by atoms with Gasteiger partial charge in [-0.3, -0.25) is 9.80 Å². The summed E-state index contributed by atoms with van der Waals surface area (Å²) < 4.78 is 5.67. The topological polar surface area (TPSA) is 31.7 Å². The highest BCUT2D eigenvalue weighted by Gasteiger charge is 2.26. The van der Waals surface area contributed by atoms with Crippen LogP contribution in [-0.4, -0.2) is 48.6 Å². The summed E-state index contributed by atoms with van der Waals surface area (Å²) in [7, 11) is 2.22. The smallest absolute Gasteiger partial charge is 0.118 e. The summed E-state index contributed by atoms with van der Waals surface area (Å²) in [5.41, 5.74) is 1.24. The molecule has 0 bridgehead atoms. The minimum absolute atomic E-state index is 0.611. The van der Waals surface area contributed by atoms with Gasteiger partial charge in [0, 0.05) is 37.3 Å². The molecule has 1 aromatic rings. The largest absolute Gasteiger partial charge is 0.468 e. The van der Waals surface area contributed by atoms with E-state index in [1.54, 1.807) is 0 Å². The van der Waals surface area contributed by atoms with Crippen molar-refractivity contribution in [3.63, 3.8) is 0 Å². The summed E-state index contributed by atoms with van der Waals surface area (Å²) in [6.07, 6.45) is 1.88. The van der Waals surface area contributed by atoms with Crippen molar-refractivity contribution in [3.05, 3.63) is 23.7 Å². The zero-order chi connectivity index (χ0) is 13.8. The number of furan rings is 1. The van der Waals surface area contributed by atoms with Gasteiger partial charge in [0.2, 0.25) is 0 Å². The van der Waals surface area contributed by atoms with Gasteiger partial charge in [0.1, 0.15) is 5.76 Å². The Bertz CT molecular complexity index is 378. The van der Waals surface area contributed by atoms with E-state index in [2.05, 4.69) is 49.0 Å². The van der Waals surface area contributed by atoms with Crippen LogP contribution in [0.1, 0.15) is 32.1 Å². The maximum atomic E-state index is 5.67. The predicted octanol–water partition coefficient (Wildman–Crippen LogP) is 1.91. The maximum absolute atomic E-state index is 5.67. The van der Waals surface area contributed by atoms with E-state index in [0.29, 0.717) is 12.1 Å². The van der Waals surface area contributed by atoms with Crippen molar-refractivity contribution in [2.75, 3.05) is 26.7 Å². The number of nitrogens with one attached hydrogen (secondary N) is 1. The Morgan fingerprint density at radius 3 is 2.63 bits per heavy atom. The first kappa shape index (κ1) is 14.6. The molecule has 2 heterocycles. The van der Waals surface area contributed by atoms with Crippen molar-refractivity contribution in [3.8, 4) is 0 Å². The van der Waals surface area contributed by atoms with Crippen LogP contribution >= 0.6 is 0 Å². The third-order valence-electron chi connectivity index (χ3n) is 4.10. The van der Waals surface area contributed by atoms with Crippen molar-refractivity contribution in [2.45, 2.75) is 45.9 Å². The van der Waals surface area contributed by atoms with E-state index < -0.39 is 0 Å². The zero-order valence-electron chi connectivity index (χ0n) is 12.6. The average molecular weight is 265 g/mol. The fourth-order valence-corrected chi connectivity index (χ4v) is 2.73. The molecule has 0 spiro atoms. The van der Waals surface area contributed by atoms with Gasteiger partial charge in [0.05, 0.1) is 12.8 Å². The molecule has 1 saturated heterocycles. The highest BCUT2D eigenvalue weighted by atomic mass is 16.3. The zero-order valence-corrected chi connectivity index (χ0v) is 12.6. The second-order valence-electron chi connectivity index (χ2n) is 5.76. The molecule has 2 atom stereocenters. The van der Waals surface area contributed by atoms with Gasteiger partial charge in [-0.25, -0.2) is 0 Å². The molecule has 2 rings (SSSR count). The number of rotatable bonds is 5. The average Bonchev–Trinajstić information content (AvgIpc) is 2.81. The van der Waals surface area contributed by atoms with Crippen molar-refractivity contribution < 1.29 is 4.42 Å². The van der Waals surface area contributed by atoms with Crippen LogP contribution in [0.5, 0.6) is 0 Å². The number of piperazine rings is 1. The molecule has 0 radical (unpaired) electrons. The number of hydrogen-bond acceptors (Lipinski definition) is 4. The fraction of sp³-hybridized carbons (Fsp3) is 0.733. The molecular formula is C15H27N3O. The Morgan fingerprint density at radius 1 is 1.32 bits per heavy atom. The summed E-state index contributed by atoms with van der Waals surface area (Å²) in [6.45, 7) is 11.8. The third-order valence-corrected chi connectivity index (χ3v) is 4.10. The molecule has 108 valence electrons. The van der Waals surface area contributed by atoms with Gasteiger partial charge in [-0.05, 0) is 33.5 Å². The lowest BCUT2D eigenvalue weighted by Crippen LogP contribution is -2.54. The monoisotopic (exact) mass is 265 g/mol. The van der Waals surface area contributed by atoms with Gasteiger partial charge in [0.15, 0.2) is 0 Å². The molecule has 1 aromatic heterocycles. The molecule has 4 heteroatoms. The lowest BCUT2D eigenvalue weighted by molar-refractivity contribution is 0.0518. The van der Waals surface area contributed by atoms with Gasteiger partial charge >= 0.3 is 0 Å². The first-order valence-electron chi connectivity index (χ1n) is 7.31. The first-order valence-corrected chi connectivity index (χ1v) is 7.31. The van der Waals surface area contributed by atoms with Gasteiger partial charge in [0.25, 0.3) is 0 Å². The van der Waals surface area contributed by atoms with E-state index in [0.717, 1.165) is 38.5 Å². The van der Waals surface area contributed by atoms with Gasteiger partial charge in [-0.1, -0.05) is 6.92 Å². The van der Waals surface area contributed by atoms with E-state index >= 15 is 0 Å². The van der Waals surface area contributed by atoms with Crippen molar-refractivity contribution >= 4 is 0 Å². The van der Waals surface area contributed by atoms with E-state index in [1.165, 1.54) is 5.56 Å². The van der Waals surface area contributed by atoms with Gasteiger partial charge in [-0.2, -0.15) is 0 Å². The molecular weight excluding hydrogens is 238 g/mol. The fourth-order valence-electron chi connectivity index (χ4n) is 2.73. The summed E-state index contributed by atoms with van der Waals surface area (Å²) >= 11 is 0. The predicted molar refractivity (Wildman–Crippen MR) is 78.1 cm³/mol. The summed E-state index contributed by atoms with van der Waals surface area (Å²) in [5.74, 6) is 1.08. The van der Waals surface area contributed by atoms with E-state index in [4.69, 9.17) is 4.42 Å². The van der Waals surface area contributed by atoms with Crippen LogP contribution in [0.2, 0.25) is 0 Å². The summed E-state index contributed by atoms with van der Waals surface area (Å²) in [4.78, 5) is 4.94. The minimum atomic E-state index is 0.611. The molecule has 0 amide bonds. The standard InChI is InChI=1S/C15H27N3O/c1-5-16-7-14-6-15(19-11-14)10-18-8-12(2)17(4)13(3)9-18/h6,11-13,16H,5,7-10H2,1-4H3. The lowest BCUT2D eigenvalue weighted by atomic mass is 10.1. The normalized spacial score (nSPS) is 25.9. The first-order chi connectivity index (χ1) is 9.10. The van der Waals surface area contributed by atoms with Crippen LogP contribution in [-0.2, 0) is 13.1 Å². The SMILES string of the molecule is CCNCc1coc(CN2CC(C)N(C)C(C)C2)c1. The molecule has 1 fully saturated rings. The second kappa shape index (κ2) is 6.55. The van der Waals surface area contributed by atoms with E-state index in [9.17, 15) is 0 Å². The van der Waals surface area contributed by atoms with Crippen LogP contribution in [0.15, 0.2) is 16.7 Å². The van der Waals surface area contributed by atoms with Gasteiger partial charge in [-0.15, -0.1) is 0 Å². The Morgan fingerprint density at radius 2 is 2.00 bits per heavy atom. The van der Waals surface area contributed by atoms with Gasteiger partial charge < -0.3 is 9.73 Å². The second-order valence-corrected chi connectivity index (χ2v) is 5.76. The third kappa shape index (κ3) is 3.81. The van der Waals surface area contributed by atoms with Crippen LogP contribution in [0, 0.1) is 0 Å². The van der Waals surface area contributed by atoms with Crippen molar-refractivity contribution in [1.29, 1.82) is 0 Å². The Balaban J connectivity index is 1.88. The molecule has 19 heavy (non-hydrogen) atoms. The highest BCUT2D eigenvalue weighted by Crippen LogP contribution is 2.17. The van der Waals surface area contributed by atoms with E-state index in [-0.39, 0.29) is 0 Å². The Labute approximate surface area is 116 Å². The molecule has 0 saturated carbocycles. The maximum Gasteiger partial charge on any atom is 0.118 e. The number of hydrogen-bond donors (Lipinski definition) is 1. The minimum Gasteiger partial charge on any atom is -0.468 e. The molecule has 2 unspecified atom stereocenters. The molecule has 0 aliphatic carbocycles. The van der Waals surface area contributed by atoms with Crippen LogP contribution in [0.4, 0.5) is 0 Å². The van der Waals surface area contributed by atoms with Crippen LogP contribution in [0.3, 0.4) is 0 Å². The lowest BCUT2D eigenvalue weighted by Gasteiger charge is -2.42. The molecule has 4 nitrogen and oxygen atoms in total. The highest BCUT2D eigenvalue weighted by molar-refractivity contribution is 5.12. The quantitative estimate of drug-likeness (QED) is 0.881. The Kier molecular flexibility index (Phi) is 5.02. The van der Waals surface area contributed by atoms with Crippen molar-refractivity contribution in [2.24, 2.45) is 0 Å². The molecule has 1 aliphatic rings. The summed E-state index contributed by atoms with van der Waals surface area (Å²) in [5, 5.41) is 3.32. The van der Waals surface area contributed by atoms with Crippen LogP contribution < -0.4 is 5.32 Å². The Hall–Kier alpha value is -0.840.